The number of phenolic OH excluding ortho intramolecular Hbond substituents is 2. The van der Waals surface area contributed by atoms with Gasteiger partial charge < -0.3 is 10.2 Å². The Labute approximate surface area is 203 Å². The number of rotatable bonds is 4. The molecule has 4 rings (SSSR count). The van der Waals surface area contributed by atoms with Crippen LogP contribution in [-0.4, -0.2) is 16.0 Å². The molecule has 0 fully saturated rings. The van der Waals surface area contributed by atoms with Crippen LogP contribution in [0.4, 0.5) is 0 Å². The molecule has 0 amide bonds. The third-order valence-corrected chi connectivity index (χ3v) is 7.18. The highest BCUT2D eigenvalue weighted by Gasteiger charge is 2.13. The summed E-state index contributed by atoms with van der Waals surface area (Å²) in [6.07, 6.45) is 0. The van der Waals surface area contributed by atoms with Gasteiger partial charge in [0.25, 0.3) is 0 Å². The summed E-state index contributed by atoms with van der Waals surface area (Å²) in [5.74, 6) is 0.280. The van der Waals surface area contributed by atoms with Crippen LogP contribution in [0.3, 0.4) is 0 Å². The number of ketones is 1. The van der Waals surface area contributed by atoms with Crippen molar-refractivity contribution in [2.45, 2.75) is 13.8 Å². The summed E-state index contributed by atoms with van der Waals surface area (Å²) < 4.78 is 1.70. The summed E-state index contributed by atoms with van der Waals surface area (Å²) in [5.41, 5.74) is 6.29. The van der Waals surface area contributed by atoms with Crippen LogP contribution in [-0.2, 0) is 0 Å². The SMILES string of the molecule is Cc1cc(-c2ccc(C(=O)c3ccc(-c4cc(C)c(Br)cc4O)cc3)cc2)c(O)cc1Br. The Morgan fingerprint density at radius 2 is 0.969 bits per heavy atom. The molecule has 2 N–H and O–H groups in total. The number of phenols is 2. The highest BCUT2D eigenvalue weighted by atomic mass is 79.9. The van der Waals surface area contributed by atoms with Gasteiger partial charge >= 0.3 is 0 Å². The first-order chi connectivity index (χ1) is 15.2. The first-order valence-corrected chi connectivity index (χ1v) is 11.6. The third-order valence-electron chi connectivity index (χ3n) is 5.47. The van der Waals surface area contributed by atoms with Gasteiger partial charge in [0.05, 0.1) is 0 Å². The number of aromatic hydroxyl groups is 2. The van der Waals surface area contributed by atoms with Crippen molar-refractivity contribution in [3.05, 3.63) is 104 Å². The van der Waals surface area contributed by atoms with Gasteiger partial charge in [0.2, 0.25) is 0 Å². The third kappa shape index (κ3) is 4.36. The van der Waals surface area contributed by atoms with Crippen molar-refractivity contribution in [1.29, 1.82) is 0 Å². The maximum atomic E-state index is 13.0. The van der Waals surface area contributed by atoms with E-state index < -0.39 is 0 Å². The number of halogens is 2. The van der Waals surface area contributed by atoms with Crippen molar-refractivity contribution in [2.75, 3.05) is 0 Å². The van der Waals surface area contributed by atoms with Crippen LogP contribution in [0.5, 0.6) is 11.5 Å². The van der Waals surface area contributed by atoms with Gasteiger partial charge in [-0.05, 0) is 60.4 Å². The van der Waals surface area contributed by atoms with E-state index in [0.717, 1.165) is 42.3 Å². The maximum absolute atomic E-state index is 13.0. The van der Waals surface area contributed by atoms with Gasteiger partial charge in [0.1, 0.15) is 11.5 Å². The van der Waals surface area contributed by atoms with E-state index >= 15 is 0 Å². The molecular weight excluding hydrogens is 532 g/mol. The fourth-order valence-electron chi connectivity index (χ4n) is 3.57. The first-order valence-electron chi connectivity index (χ1n) is 9.98. The van der Waals surface area contributed by atoms with Crippen LogP contribution in [0, 0.1) is 13.8 Å². The minimum atomic E-state index is -0.0875. The molecule has 0 unspecified atom stereocenters. The summed E-state index contributed by atoms with van der Waals surface area (Å²) in [5, 5.41) is 20.6. The quantitative estimate of drug-likeness (QED) is 0.254. The van der Waals surface area contributed by atoms with Crippen LogP contribution in [0.15, 0.2) is 81.7 Å². The molecule has 4 aromatic carbocycles. The zero-order chi connectivity index (χ0) is 23.0. The Morgan fingerprint density at radius 1 is 0.625 bits per heavy atom. The van der Waals surface area contributed by atoms with Crippen molar-refractivity contribution in [1.82, 2.24) is 0 Å². The van der Waals surface area contributed by atoms with Crippen LogP contribution in [0.25, 0.3) is 22.3 Å². The van der Waals surface area contributed by atoms with Crippen molar-refractivity contribution < 1.29 is 15.0 Å². The molecule has 0 spiro atoms. The molecule has 0 atom stereocenters. The molecule has 0 heterocycles. The maximum Gasteiger partial charge on any atom is 0.193 e. The fourth-order valence-corrected chi connectivity index (χ4v) is 4.24. The van der Waals surface area contributed by atoms with Crippen LogP contribution >= 0.6 is 31.9 Å². The second kappa shape index (κ2) is 8.93. The van der Waals surface area contributed by atoms with Crippen LogP contribution < -0.4 is 0 Å². The normalized spacial score (nSPS) is 10.9. The van der Waals surface area contributed by atoms with Crippen LogP contribution in [0.2, 0.25) is 0 Å². The predicted molar refractivity (Wildman–Crippen MR) is 135 cm³/mol. The molecule has 0 saturated heterocycles. The largest absolute Gasteiger partial charge is 0.507 e. The van der Waals surface area contributed by atoms with Crippen molar-refractivity contribution in [2.24, 2.45) is 0 Å². The second-order valence-corrected chi connectivity index (χ2v) is 9.43. The summed E-state index contributed by atoms with van der Waals surface area (Å²) in [4.78, 5) is 13.0. The minimum absolute atomic E-state index is 0.0875. The molecule has 160 valence electrons. The van der Waals surface area contributed by atoms with Gasteiger partial charge in [0.15, 0.2) is 5.78 Å². The number of aryl methyl sites for hydroxylation is 2. The van der Waals surface area contributed by atoms with Crippen molar-refractivity contribution in [3.8, 4) is 33.8 Å². The van der Waals surface area contributed by atoms with Crippen molar-refractivity contribution >= 4 is 37.6 Å². The van der Waals surface area contributed by atoms with Crippen molar-refractivity contribution in [3.63, 3.8) is 0 Å². The van der Waals surface area contributed by atoms with E-state index in [4.69, 9.17) is 0 Å². The Kier molecular flexibility index (Phi) is 6.22. The Morgan fingerprint density at radius 3 is 1.31 bits per heavy atom. The Hall–Kier alpha value is -2.89. The molecule has 0 aliphatic carbocycles. The Balaban J connectivity index is 1.59. The van der Waals surface area contributed by atoms with E-state index in [9.17, 15) is 15.0 Å². The van der Waals surface area contributed by atoms with Gasteiger partial charge in [-0.1, -0.05) is 80.4 Å². The monoisotopic (exact) mass is 550 g/mol. The molecule has 0 aliphatic rings. The Bertz CT molecular complexity index is 1220. The molecule has 0 saturated carbocycles. The number of carbonyl (C=O) groups excluding carboxylic acids is 1. The standard InChI is InChI=1S/C27H20Br2O3/c1-15-11-21(25(30)13-23(15)28)17-3-7-19(8-4-17)27(32)20-9-5-18(6-10-20)22-12-16(2)24(29)14-26(22)31/h3-14,30-31H,1-2H3. The highest BCUT2D eigenvalue weighted by Crippen LogP contribution is 2.35. The first kappa shape index (κ1) is 22.3. The topological polar surface area (TPSA) is 57.5 Å². The predicted octanol–water partition coefficient (Wildman–Crippen LogP) is 7.80. The highest BCUT2D eigenvalue weighted by molar-refractivity contribution is 9.10. The van der Waals surface area contributed by atoms with E-state index in [-0.39, 0.29) is 17.3 Å². The summed E-state index contributed by atoms with van der Waals surface area (Å²) in [7, 11) is 0. The van der Waals surface area contributed by atoms with E-state index in [1.54, 1.807) is 36.4 Å². The summed E-state index contributed by atoms with van der Waals surface area (Å²) in [6, 6.07) is 21.6. The zero-order valence-electron chi connectivity index (χ0n) is 17.5. The smallest absolute Gasteiger partial charge is 0.193 e. The lowest BCUT2D eigenvalue weighted by Gasteiger charge is -2.10. The lowest BCUT2D eigenvalue weighted by atomic mass is 9.96. The van der Waals surface area contributed by atoms with Gasteiger partial charge in [0, 0.05) is 31.2 Å². The number of carbonyl (C=O) groups is 1. The molecule has 4 aromatic rings. The summed E-state index contributed by atoms with van der Waals surface area (Å²) >= 11 is 6.84. The molecule has 5 heteroatoms. The molecular formula is C27H20Br2O3. The van der Waals surface area contributed by atoms with Crippen LogP contribution in [0.1, 0.15) is 27.0 Å². The zero-order valence-corrected chi connectivity index (χ0v) is 20.7. The molecule has 3 nitrogen and oxygen atoms in total. The lowest BCUT2D eigenvalue weighted by Crippen LogP contribution is -2.01. The average Bonchev–Trinajstić information content (AvgIpc) is 2.78. The van der Waals surface area contributed by atoms with E-state index in [1.165, 1.54) is 0 Å². The number of benzene rings is 4. The van der Waals surface area contributed by atoms with Gasteiger partial charge in [-0.25, -0.2) is 0 Å². The molecule has 0 aliphatic heterocycles. The fraction of sp³-hybridized carbons (Fsp3) is 0.0741. The average molecular weight is 552 g/mol. The number of hydrogen-bond acceptors (Lipinski definition) is 3. The van der Waals surface area contributed by atoms with Gasteiger partial charge in [-0.3, -0.25) is 4.79 Å². The van der Waals surface area contributed by atoms with E-state index in [0.29, 0.717) is 11.1 Å². The molecule has 0 bridgehead atoms. The minimum Gasteiger partial charge on any atom is -0.507 e. The van der Waals surface area contributed by atoms with E-state index in [2.05, 4.69) is 31.9 Å². The number of hydrogen-bond donors (Lipinski definition) is 2. The molecule has 32 heavy (non-hydrogen) atoms. The second-order valence-electron chi connectivity index (χ2n) is 7.72. The molecule has 0 aromatic heterocycles. The molecule has 0 radical (unpaired) electrons. The van der Waals surface area contributed by atoms with Gasteiger partial charge in [-0.2, -0.15) is 0 Å². The van der Waals surface area contributed by atoms with E-state index in [1.807, 2.05) is 50.2 Å². The lowest BCUT2D eigenvalue weighted by molar-refractivity contribution is 0.103. The van der Waals surface area contributed by atoms with Gasteiger partial charge in [-0.15, -0.1) is 0 Å². The summed E-state index contributed by atoms with van der Waals surface area (Å²) in [6.45, 7) is 3.92.